The van der Waals surface area contributed by atoms with Crippen LogP contribution in [-0.4, -0.2) is 20.8 Å². The summed E-state index contributed by atoms with van der Waals surface area (Å²) < 4.78 is 3.18. The number of carbonyl (C=O) groups is 1. The van der Waals surface area contributed by atoms with Crippen molar-refractivity contribution in [3.8, 4) is 0 Å². The van der Waals surface area contributed by atoms with Crippen molar-refractivity contribution in [2.75, 3.05) is 5.32 Å². The molecule has 1 amide bonds. The lowest BCUT2D eigenvalue weighted by Gasteiger charge is -2.06. The molecule has 19 heavy (non-hydrogen) atoms. The Balaban J connectivity index is 2.63. The van der Waals surface area contributed by atoms with Crippen LogP contribution in [0.15, 0.2) is 29.1 Å². The van der Waals surface area contributed by atoms with E-state index in [1.807, 2.05) is 24.3 Å². The summed E-state index contributed by atoms with van der Waals surface area (Å²) in [5.74, 6) is 0.291. The van der Waals surface area contributed by atoms with Crippen LogP contribution in [-0.2, 0) is 18.9 Å². The summed E-state index contributed by atoms with van der Waals surface area (Å²) in [6, 6.07) is 7.61. The van der Waals surface area contributed by atoms with Gasteiger partial charge in [0.25, 0.3) is 5.56 Å². The van der Waals surface area contributed by atoms with Crippen molar-refractivity contribution in [1.29, 1.82) is 0 Å². The Hall–Kier alpha value is -2.63. The van der Waals surface area contributed by atoms with Crippen LogP contribution in [0.1, 0.15) is 0 Å². The van der Waals surface area contributed by atoms with Crippen LogP contribution in [0.2, 0.25) is 0 Å². The van der Waals surface area contributed by atoms with Crippen molar-refractivity contribution in [2.45, 2.75) is 0 Å². The molecule has 0 aliphatic carbocycles. The summed E-state index contributed by atoms with van der Waals surface area (Å²) in [5, 5.41) is 8.02. The first-order valence-electron chi connectivity index (χ1n) is 5.79. The van der Waals surface area contributed by atoms with Crippen LogP contribution in [0.4, 0.5) is 5.82 Å². The van der Waals surface area contributed by atoms with Gasteiger partial charge in [-0.2, -0.15) is 5.10 Å². The van der Waals surface area contributed by atoms with Gasteiger partial charge < -0.3 is 9.88 Å². The van der Waals surface area contributed by atoms with Crippen LogP contribution in [0, 0.1) is 0 Å². The Morgan fingerprint density at radius 1 is 1.26 bits per heavy atom. The second kappa shape index (κ2) is 3.94. The van der Waals surface area contributed by atoms with E-state index in [2.05, 4.69) is 10.4 Å². The zero-order chi connectivity index (χ0) is 13.6. The molecule has 2 heterocycles. The van der Waals surface area contributed by atoms with Crippen molar-refractivity contribution in [2.24, 2.45) is 14.1 Å². The van der Waals surface area contributed by atoms with Gasteiger partial charge in [0.05, 0.1) is 11.0 Å². The van der Waals surface area contributed by atoms with Crippen LogP contribution >= 0.6 is 0 Å². The minimum atomic E-state index is -0.175. The summed E-state index contributed by atoms with van der Waals surface area (Å²) in [4.78, 5) is 23.0. The predicted molar refractivity (Wildman–Crippen MR) is 73.1 cm³/mol. The van der Waals surface area contributed by atoms with Gasteiger partial charge in [-0.15, -0.1) is 0 Å². The Labute approximate surface area is 108 Å². The van der Waals surface area contributed by atoms with Gasteiger partial charge in [0.15, 0.2) is 5.82 Å². The maximum absolute atomic E-state index is 12.4. The van der Waals surface area contributed by atoms with E-state index in [1.54, 1.807) is 23.3 Å². The molecule has 96 valence electrons. The number of benzene rings is 1. The number of pyridine rings is 1. The van der Waals surface area contributed by atoms with E-state index >= 15 is 0 Å². The van der Waals surface area contributed by atoms with E-state index in [0.29, 0.717) is 17.6 Å². The van der Waals surface area contributed by atoms with Gasteiger partial charge in [0.2, 0.25) is 6.41 Å². The van der Waals surface area contributed by atoms with Gasteiger partial charge in [-0.05, 0) is 6.07 Å². The molecule has 0 atom stereocenters. The van der Waals surface area contributed by atoms with Crippen molar-refractivity contribution >= 4 is 34.0 Å². The monoisotopic (exact) mass is 256 g/mol. The SMILES string of the molecule is Cn1nc(NC=O)c2c(=O)n(C)c3ccccc3c21. The smallest absolute Gasteiger partial charge is 0.264 e. The molecule has 6 nitrogen and oxygen atoms in total. The highest BCUT2D eigenvalue weighted by Gasteiger charge is 2.17. The third-order valence-corrected chi connectivity index (χ3v) is 3.28. The molecule has 0 aliphatic rings. The van der Waals surface area contributed by atoms with Crippen molar-refractivity contribution < 1.29 is 4.79 Å². The molecule has 0 spiro atoms. The molecule has 0 saturated heterocycles. The number of hydrogen-bond acceptors (Lipinski definition) is 3. The number of para-hydroxylation sites is 1. The molecule has 0 unspecified atom stereocenters. The zero-order valence-electron chi connectivity index (χ0n) is 10.5. The molecule has 3 rings (SSSR count). The Morgan fingerprint density at radius 2 is 2.00 bits per heavy atom. The average molecular weight is 256 g/mol. The van der Waals surface area contributed by atoms with E-state index in [0.717, 1.165) is 16.4 Å². The number of rotatable bonds is 2. The predicted octanol–water partition coefficient (Wildman–Crippen LogP) is 0.993. The third kappa shape index (κ3) is 1.46. The molecule has 0 bridgehead atoms. The van der Waals surface area contributed by atoms with Gasteiger partial charge in [-0.3, -0.25) is 14.3 Å². The fourth-order valence-electron chi connectivity index (χ4n) is 2.44. The number of aryl methyl sites for hydroxylation is 2. The lowest BCUT2D eigenvalue weighted by Crippen LogP contribution is -2.18. The molecule has 1 aromatic carbocycles. The van der Waals surface area contributed by atoms with E-state index in [-0.39, 0.29) is 5.56 Å². The minimum absolute atomic E-state index is 0.175. The Morgan fingerprint density at radius 3 is 2.74 bits per heavy atom. The summed E-state index contributed by atoms with van der Waals surface area (Å²) in [5.41, 5.74) is 1.38. The van der Waals surface area contributed by atoms with Gasteiger partial charge >= 0.3 is 0 Å². The van der Waals surface area contributed by atoms with Crippen LogP contribution < -0.4 is 10.9 Å². The molecule has 1 N–H and O–H groups in total. The molecule has 0 aliphatic heterocycles. The first-order valence-corrected chi connectivity index (χ1v) is 5.79. The third-order valence-electron chi connectivity index (χ3n) is 3.28. The van der Waals surface area contributed by atoms with Crippen LogP contribution in [0.25, 0.3) is 21.8 Å². The molecule has 3 aromatic rings. The second-order valence-electron chi connectivity index (χ2n) is 4.34. The summed E-state index contributed by atoms with van der Waals surface area (Å²) in [7, 11) is 3.46. The quantitative estimate of drug-likeness (QED) is 0.695. The molecule has 0 fully saturated rings. The first-order chi connectivity index (χ1) is 9.15. The van der Waals surface area contributed by atoms with E-state index in [4.69, 9.17) is 0 Å². The standard InChI is InChI=1S/C13H12N4O2/c1-16-9-6-4-3-5-8(9)11-10(13(16)19)12(14-7-18)15-17(11)2/h3-7H,1-2H3,(H,14,15,18). The molecular weight excluding hydrogens is 244 g/mol. The highest BCUT2D eigenvalue weighted by molar-refractivity contribution is 6.08. The fraction of sp³-hybridized carbons (Fsp3) is 0.154. The normalized spacial score (nSPS) is 11.1. The molecule has 0 radical (unpaired) electrons. The summed E-state index contributed by atoms with van der Waals surface area (Å²) >= 11 is 0. The van der Waals surface area contributed by atoms with Crippen molar-refractivity contribution in [1.82, 2.24) is 14.3 Å². The van der Waals surface area contributed by atoms with E-state index in [9.17, 15) is 9.59 Å². The second-order valence-corrected chi connectivity index (χ2v) is 4.34. The fourth-order valence-corrected chi connectivity index (χ4v) is 2.44. The maximum Gasteiger partial charge on any atom is 0.264 e. The molecular formula is C13H12N4O2. The summed E-state index contributed by atoms with van der Waals surface area (Å²) in [6.07, 6.45) is 0.524. The van der Waals surface area contributed by atoms with Gasteiger partial charge in [-0.1, -0.05) is 18.2 Å². The highest BCUT2D eigenvalue weighted by atomic mass is 16.1. The molecule has 2 aromatic heterocycles. The van der Waals surface area contributed by atoms with Gasteiger partial charge in [0.1, 0.15) is 5.39 Å². The Kier molecular flexibility index (Phi) is 2.38. The summed E-state index contributed by atoms with van der Waals surface area (Å²) in [6.45, 7) is 0. The topological polar surface area (TPSA) is 68.9 Å². The van der Waals surface area contributed by atoms with Gasteiger partial charge in [-0.25, -0.2) is 0 Å². The van der Waals surface area contributed by atoms with Crippen LogP contribution in [0.3, 0.4) is 0 Å². The number of nitrogens with one attached hydrogen (secondary N) is 1. The molecule has 0 saturated carbocycles. The number of hydrogen-bond donors (Lipinski definition) is 1. The van der Waals surface area contributed by atoms with Gasteiger partial charge in [0, 0.05) is 19.5 Å². The zero-order valence-corrected chi connectivity index (χ0v) is 10.5. The lowest BCUT2D eigenvalue weighted by atomic mass is 10.1. The van der Waals surface area contributed by atoms with Crippen molar-refractivity contribution in [3.05, 3.63) is 34.6 Å². The number of aromatic nitrogens is 3. The largest absolute Gasteiger partial charge is 0.311 e. The number of fused-ring (bicyclic) bond motifs is 3. The lowest BCUT2D eigenvalue weighted by molar-refractivity contribution is -0.105. The maximum atomic E-state index is 12.4. The number of carbonyl (C=O) groups excluding carboxylic acids is 1. The number of anilines is 1. The average Bonchev–Trinajstić information content (AvgIpc) is 2.73. The number of nitrogens with zero attached hydrogens (tertiary/aromatic N) is 3. The minimum Gasteiger partial charge on any atom is -0.311 e. The van der Waals surface area contributed by atoms with E-state index < -0.39 is 0 Å². The highest BCUT2D eigenvalue weighted by Crippen LogP contribution is 2.26. The molecule has 6 heteroatoms. The van der Waals surface area contributed by atoms with Crippen molar-refractivity contribution in [3.63, 3.8) is 0 Å². The first kappa shape index (κ1) is 11.5. The van der Waals surface area contributed by atoms with Crippen LogP contribution in [0.5, 0.6) is 0 Å². The van der Waals surface area contributed by atoms with E-state index in [1.165, 1.54) is 0 Å². The Bertz CT molecular complexity index is 860. The number of amides is 1.